The molecule has 1 heterocycles. The Balaban J connectivity index is 1.73. The van der Waals surface area contributed by atoms with Gasteiger partial charge in [0.25, 0.3) is 5.56 Å². The third-order valence-corrected chi connectivity index (χ3v) is 6.37. The van der Waals surface area contributed by atoms with E-state index in [4.69, 9.17) is 16.3 Å². The van der Waals surface area contributed by atoms with Gasteiger partial charge in [0.2, 0.25) is 12.4 Å². The monoisotopic (exact) mass is 442 g/mol. The fourth-order valence-electron chi connectivity index (χ4n) is 4.40. The number of ether oxygens (including phenoxy) is 1. The van der Waals surface area contributed by atoms with Crippen LogP contribution in [0.5, 0.6) is 0 Å². The second-order valence-electron chi connectivity index (χ2n) is 8.71. The fraction of sp³-hybridized carbons (Fsp3) is 0.762. The van der Waals surface area contributed by atoms with Crippen LogP contribution in [0.15, 0.2) is 11.0 Å². The molecule has 0 radical (unpaired) electrons. The summed E-state index contributed by atoms with van der Waals surface area (Å²) in [4.78, 5) is 27.3. The molecule has 168 valence electrons. The molecule has 2 saturated carbocycles. The third-order valence-electron chi connectivity index (χ3n) is 5.93. The van der Waals surface area contributed by atoms with Crippen LogP contribution in [0.1, 0.15) is 58.8 Å². The van der Waals surface area contributed by atoms with Crippen molar-refractivity contribution in [2.24, 2.45) is 5.92 Å². The maximum Gasteiger partial charge on any atom is 0.298 e. The minimum absolute atomic E-state index is 0.00875. The summed E-state index contributed by atoms with van der Waals surface area (Å²) in [6.45, 7) is 4.48. The Morgan fingerprint density at radius 1 is 1.30 bits per heavy atom. The third kappa shape index (κ3) is 6.17. The van der Waals surface area contributed by atoms with Gasteiger partial charge in [0.1, 0.15) is 11.9 Å². The maximum absolute atomic E-state index is 14.6. The molecule has 2 aliphatic carbocycles. The van der Waals surface area contributed by atoms with E-state index in [1.807, 2.05) is 18.4 Å². The summed E-state index contributed by atoms with van der Waals surface area (Å²) in [6, 6.07) is -0.131. The number of hydrogen-bond donors (Lipinski definition) is 2. The summed E-state index contributed by atoms with van der Waals surface area (Å²) >= 11 is 6.22. The zero-order valence-corrected chi connectivity index (χ0v) is 18.4. The maximum atomic E-state index is 14.6. The van der Waals surface area contributed by atoms with E-state index in [9.17, 15) is 14.0 Å². The number of amides is 1. The van der Waals surface area contributed by atoms with Gasteiger partial charge in [-0.3, -0.25) is 9.59 Å². The normalized spacial score (nSPS) is 29.6. The molecule has 3 rings (SSSR count). The smallest absolute Gasteiger partial charge is 0.298 e. The van der Waals surface area contributed by atoms with Gasteiger partial charge in [0, 0.05) is 30.6 Å². The minimum atomic E-state index is -1.06. The summed E-state index contributed by atoms with van der Waals surface area (Å²) in [6.07, 6.45) is 6.22. The lowest BCUT2D eigenvalue weighted by Crippen LogP contribution is -2.40. The summed E-state index contributed by atoms with van der Waals surface area (Å²) in [7, 11) is 0. The Labute approximate surface area is 181 Å². The van der Waals surface area contributed by atoms with Crippen molar-refractivity contribution in [2.45, 2.75) is 95.1 Å². The van der Waals surface area contributed by atoms with Crippen LogP contribution in [-0.2, 0) is 16.1 Å². The molecule has 1 aromatic rings. The molecule has 0 spiro atoms. The van der Waals surface area contributed by atoms with Crippen molar-refractivity contribution in [1.82, 2.24) is 9.55 Å². The second kappa shape index (κ2) is 10.6. The van der Waals surface area contributed by atoms with Gasteiger partial charge in [-0.25, -0.2) is 4.39 Å². The van der Waals surface area contributed by atoms with Crippen LogP contribution >= 0.6 is 11.6 Å². The summed E-state index contributed by atoms with van der Waals surface area (Å²) in [5, 5.41) is 5.92. The standard InChI is InChI=1S/C21H32ClFN4O3/c1-13(2)30-19-8-7-16(9-17(19)23)25-21-26-20(29)18(24-12-28)11-27(21)10-14-3-5-15(22)6-4-14/h11-17,19H,3-10H2,1-2H3,(H,24,28)(H,25,26,29)/t14?,15?,16?,17-,19?/m0/s1. The van der Waals surface area contributed by atoms with Crippen molar-refractivity contribution in [1.29, 1.82) is 0 Å². The molecule has 9 heteroatoms. The lowest BCUT2D eigenvalue weighted by atomic mass is 9.89. The molecule has 2 aliphatic rings. The first kappa shape index (κ1) is 23.0. The second-order valence-corrected chi connectivity index (χ2v) is 9.33. The number of carbonyl (C=O) groups is 1. The Hall–Kier alpha value is -1.67. The molecule has 2 N–H and O–H groups in total. The quantitative estimate of drug-likeness (QED) is 0.473. The highest BCUT2D eigenvalue weighted by Crippen LogP contribution is 2.30. The number of anilines is 2. The van der Waals surface area contributed by atoms with Crippen LogP contribution in [0.3, 0.4) is 0 Å². The van der Waals surface area contributed by atoms with E-state index in [0.717, 1.165) is 32.1 Å². The molecule has 0 aliphatic heterocycles. The largest absolute Gasteiger partial charge is 0.373 e. The first-order valence-electron chi connectivity index (χ1n) is 10.9. The van der Waals surface area contributed by atoms with E-state index in [-0.39, 0.29) is 29.3 Å². The van der Waals surface area contributed by atoms with E-state index >= 15 is 0 Å². The molecule has 1 amide bonds. The Morgan fingerprint density at radius 3 is 2.67 bits per heavy atom. The van der Waals surface area contributed by atoms with Crippen molar-refractivity contribution in [3.63, 3.8) is 0 Å². The summed E-state index contributed by atoms with van der Waals surface area (Å²) in [5.74, 6) is 0.836. The molecule has 3 atom stereocenters. The molecule has 1 aromatic heterocycles. The predicted octanol–water partition coefficient (Wildman–Crippen LogP) is 3.71. The van der Waals surface area contributed by atoms with Crippen molar-refractivity contribution in [3.8, 4) is 0 Å². The van der Waals surface area contributed by atoms with Crippen molar-refractivity contribution < 1.29 is 13.9 Å². The fourth-order valence-corrected chi connectivity index (χ4v) is 4.65. The van der Waals surface area contributed by atoms with Crippen molar-refractivity contribution >= 4 is 29.6 Å². The van der Waals surface area contributed by atoms with Crippen LogP contribution in [0, 0.1) is 5.92 Å². The number of carbonyl (C=O) groups excluding carboxylic acids is 1. The Bertz CT molecular complexity index is 767. The Morgan fingerprint density at radius 2 is 2.03 bits per heavy atom. The first-order chi connectivity index (χ1) is 14.4. The zero-order chi connectivity index (χ0) is 21.7. The highest BCUT2D eigenvalue weighted by molar-refractivity contribution is 6.20. The molecular weight excluding hydrogens is 411 g/mol. The Kier molecular flexibility index (Phi) is 8.11. The van der Waals surface area contributed by atoms with Crippen LogP contribution in [-0.4, -0.2) is 45.8 Å². The number of rotatable bonds is 8. The number of alkyl halides is 2. The van der Waals surface area contributed by atoms with Crippen LogP contribution < -0.4 is 16.2 Å². The molecule has 7 nitrogen and oxygen atoms in total. The molecule has 2 unspecified atom stereocenters. The zero-order valence-electron chi connectivity index (χ0n) is 17.7. The van der Waals surface area contributed by atoms with E-state index in [2.05, 4.69) is 15.6 Å². The number of nitrogens with one attached hydrogen (secondary N) is 2. The van der Waals surface area contributed by atoms with Gasteiger partial charge in [-0.15, -0.1) is 11.6 Å². The topological polar surface area (TPSA) is 85.2 Å². The summed E-state index contributed by atoms with van der Waals surface area (Å²) < 4.78 is 22.1. The van der Waals surface area contributed by atoms with Crippen LogP contribution in [0.4, 0.5) is 16.0 Å². The number of nitrogens with zero attached hydrogens (tertiary/aromatic N) is 2. The highest BCUT2D eigenvalue weighted by atomic mass is 35.5. The van der Waals surface area contributed by atoms with E-state index < -0.39 is 11.7 Å². The highest BCUT2D eigenvalue weighted by Gasteiger charge is 2.32. The molecule has 30 heavy (non-hydrogen) atoms. The van der Waals surface area contributed by atoms with Gasteiger partial charge in [-0.1, -0.05) is 0 Å². The average molecular weight is 443 g/mol. The van der Waals surface area contributed by atoms with Crippen LogP contribution in [0.25, 0.3) is 0 Å². The number of aromatic nitrogens is 2. The van der Waals surface area contributed by atoms with Crippen molar-refractivity contribution in [3.05, 3.63) is 16.6 Å². The van der Waals surface area contributed by atoms with Gasteiger partial charge in [0.15, 0.2) is 0 Å². The van der Waals surface area contributed by atoms with Crippen LogP contribution in [0.2, 0.25) is 0 Å². The van der Waals surface area contributed by atoms with Gasteiger partial charge in [-0.05, 0) is 58.3 Å². The average Bonchev–Trinajstić information content (AvgIpc) is 2.69. The number of hydrogen-bond acceptors (Lipinski definition) is 5. The van der Waals surface area contributed by atoms with E-state index in [1.165, 1.54) is 0 Å². The van der Waals surface area contributed by atoms with E-state index in [0.29, 0.717) is 37.7 Å². The summed E-state index contributed by atoms with van der Waals surface area (Å²) in [5.41, 5.74) is -0.377. The lowest BCUT2D eigenvalue weighted by molar-refractivity contribution is -0.105. The number of halogens is 2. The predicted molar refractivity (Wildman–Crippen MR) is 116 cm³/mol. The van der Waals surface area contributed by atoms with Crippen molar-refractivity contribution in [2.75, 3.05) is 10.6 Å². The molecule has 0 bridgehead atoms. The van der Waals surface area contributed by atoms with Gasteiger partial charge in [-0.2, -0.15) is 4.98 Å². The first-order valence-corrected chi connectivity index (χ1v) is 11.3. The van der Waals surface area contributed by atoms with Gasteiger partial charge >= 0.3 is 0 Å². The minimum Gasteiger partial charge on any atom is -0.373 e. The molecular formula is C21H32ClFN4O3. The van der Waals surface area contributed by atoms with Gasteiger partial charge < -0.3 is 19.9 Å². The molecule has 0 saturated heterocycles. The molecule has 0 aromatic carbocycles. The lowest BCUT2D eigenvalue weighted by Gasteiger charge is -2.34. The molecule has 2 fully saturated rings. The van der Waals surface area contributed by atoms with E-state index in [1.54, 1.807) is 6.20 Å². The van der Waals surface area contributed by atoms with Gasteiger partial charge in [0.05, 0.1) is 12.2 Å². The SMILES string of the molecule is CC(C)OC1CCC(Nc2nc(=O)c(NC=O)cn2CC2CCC(Cl)CC2)C[C@@H]1F.